The summed E-state index contributed by atoms with van der Waals surface area (Å²) in [4.78, 5) is 4.85. The molecule has 1 aromatic heterocycles. The first-order valence-corrected chi connectivity index (χ1v) is 12.8. The third-order valence-electron chi connectivity index (χ3n) is 6.59. The van der Waals surface area contributed by atoms with Crippen molar-refractivity contribution >= 4 is 39.6 Å². The van der Waals surface area contributed by atoms with Crippen LogP contribution < -0.4 is 4.90 Å². The van der Waals surface area contributed by atoms with Crippen molar-refractivity contribution in [1.82, 2.24) is 10.2 Å². The molecule has 1 aliphatic rings. The van der Waals surface area contributed by atoms with Gasteiger partial charge in [-0.3, -0.25) is 0 Å². The fourth-order valence-corrected chi connectivity index (χ4v) is 6.06. The predicted molar refractivity (Wildman–Crippen MR) is 149 cm³/mol. The Morgan fingerprint density at radius 3 is 2.08 bits per heavy atom. The van der Waals surface area contributed by atoms with Gasteiger partial charge in [-0.25, -0.2) is 0 Å². The Hall–Kier alpha value is -4.41. The normalized spacial score (nSPS) is 12.3. The molecule has 2 heterocycles. The fourth-order valence-electron chi connectivity index (χ4n) is 4.97. The van der Waals surface area contributed by atoms with Gasteiger partial charge in [0.05, 0.1) is 23.3 Å². The summed E-state index contributed by atoms with van der Waals surface area (Å²) in [7, 11) is 0. The van der Waals surface area contributed by atoms with Gasteiger partial charge < -0.3 is 4.90 Å². The summed E-state index contributed by atoms with van der Waals surface area (Å²) >= 11 is 1.82. The van der Waals surface area contributed by atoms with E-state index in [9.17, 15) is 0 Å². The largest absolute Gasteiger partial charge is 0.305 e. The van der Waals surface area contributed by atoms with Crippen molar-refractivity contribution in [1.29, 1.82) is 0 Å². The predicted octanol–water partition coefficient (Wildman–Crippen LogP) is 8.90. The molecule has 36 heavy (non-hydrogen) atoms. The number of nitrogens with zero attached hydrogens (tertiary/aromatic N) is 3. The minimum atomic E-state index is 0.859. The summed E-state index contributed by atoms with van der Waals surface area (Å²) in [6.45, 7) is 0. The third kappa shape index (κ3) is 3.38. The van der Waals surface area contributed by atoms with Crippen LogP contribution in [0, 0.1) is 0 Å². The van der Waals surface area contributed by atoms with E-state index in [1.165, 1.54) is 26.3 Å². The molecule has 0 atom stereocenters. The lowest BCUT2D eigenvalue weighted by Gasteiger charge is -2.35. The van der Waals surface area contributed by atoms with E-state index in [2.05, 4.69) is 119 Å². The zero-order chi connectivity index (χ0) is 23.9. The Kier molecular flexibility index (Phi) is 5.04. The van der Waals surface area contributed by atoms with Crippen molar-refractivity contribution in [3.8, 4) is 22.4 Å². The minimum Gasteiger partial charge on any atom is -0.305 e. The maximum absolute atomic E-state index is 4.74. The highest BCUT2D eigenvalue weighted by molar-refractivity contribution is 7.99. The molecule has 0 aliphatic carbocycles. The Bertz CT molecular complexity index is 1660. The number of hydrogen-bond acceptors (Lipinski definition) is 4. The molecule has 0 amide bonds. The second kappa shape index (κ2) is 8.67. The number of aromatic nitrogens is 2. The van der Waals surface area contributed by atoms with Gasteiger partial charge in [0.1, 0.15) is 5.69 Å². The molecule has 0 unspecified atom stereocenters. The summed E-state index contributed by atoms with van der Waals surface area (Å²) < 4.78 is 0. The Morgan fingerprint density at radius 1 is 0.556 bits per heavy atom. The molecule has 0 saturated carbocycles. The van der Waals surface area contributed by atoms with Crippen LogP contribution in [0.3, 0.4) is 0 Å². The highest BCUT2D eigenvalue weighted by Crippen LogP contribution is 2.56. The summed E-state index contributed by atoms with van der Waals surface area (Å²) in [5, 5.41) is 11.7. The van der Waals surface area contributed by atoms with Gasteiger partial charge in [-0.15, -0.1) is 5.10 Å². The van der Waals surface area contributed by atoms with Gasteiger partial charge in [0, 0.05) is 26.3 Å². The van der Waals surface area contributed by atoms with E-state index in [-0.39, 0.29) is 0 Å². The molecule has 0 fully saturated rings. The van der Waals surface area contributed by atoms with Crippen LogP contribution in [-0.2, 0) is 0 Å². The van der Waals surface area contributed by atoms with Crippen molar-refractivity contribution in [3.05, 3.63) is 128 Å². The second-order valence-corrected chi connectivity index (χ2v) is 9.81. The monoisotopic (exact) mass is 479 g/mol. The molecule has 3 nitrogen and oxygen atoms in total. The Balaban J connectivity index is 1.63. The first-order valence-electron chi connectivity index (χ1n) is 11.9. The van der Waals surface area contributed by atoms with E-state index < -0.39 is 0 Å². The number of para-hydroxylation sites is 1. The second-order valence-electron chi connectivity index (χ2n) is 8.73. The lowest BCUT2D eigenvalue weighted by Crippen LogP contribution is -2.18. The van der Waals surface area contributed by atoms with Crippen LogP contribution >= 0.6 is 11.8 Å². The van der Waals surface area contributed by atoms with Gasteiger partial charge in [0.15, 0.2) is 0 Å². The van der Waals surface area contributed by atoms with E-state index in [0.717, 1.165) is 33.8 Å². The average molecular weight is 480 g/mol. The van der Waals surface area contributed by atoms with Crippen LogP contribution in [0.5, 0.6) is 0 Å². The molecule has 0 radical (unpaired) electrons. The standard InChI is InChI=1S/C32H21N3S/c1-3-11-22(12-4-1)26-21-33-34-30(24-14-5-2-6-15-24)32(26)35-27-17-9-10-18-28(27)36-29-20-19-23-13-7-8-16-25(23)31(29)35/h1-21H. The SMILES string of the molecule is c1ccc(-c2cnnc(-c3ccccc3)c2N2c3ccccc3Sc3ccc4ccccc4c32)cc1. The lowest BCUT2D eigenvalue weighted by molar-refractivity contribution is 1.03. The molecule has 170 valence electrons. The lowest BCUT2D eigenvalue weighted by atomic mass is 9.98. The maximum atomic E-state index is 4.74. The zero-order valence-electron chi connectivity index (χ0n) is 19.4. The van der Waals surface area contributed by atoms with Crippen LogP contribution in [-0.4, -0.2) is 10.2 Å². The number of hydrogen-bond donors (Lipinski definition) is 0. The van der Waals surface area contributed by atoms with Crippen LogP contribution in [0.4, 0.5) is 17.1 Å². The van der Waals surface area contributed by atoms with Crippen LogP contribution in [0.25, 0.3) is 33.2 Å². The molecule has 7 rings (SSSR count). The highest BCUT2D eigenvalue weighted by atomic mass is 32.2. The van der Waals surface area contributed by atoms with Crippen LogP contribution in [0.1, 0.15) is 0 Å². The van der Waals surface area contributed by atoms with E-state index in [1.54, 1.807) is 0 Å². The van der Waals surface area contributed by atoms with Crippen LogP contribution in [0.15, 0.2) is 137 Å². The summed E-state index contributed by atoms with van der Waals surface area (Å²) in [6, 6.07) is 42.5. The summed E-state index contributed by atoms with van der Waals surface area (Å²) in [6.07, 6.45) is 1.90. The van der Waals surface area contributed by atoms with Crippen LogP contribution in [0.2, 0.25) is 0 Å². The van der Waals surface area contributed by atoms with Crippen molar-refractivity contribution < 1.29 is 0 Å². The van der Waals surface area contributed by atoms with Crippen molar-refractivity contribution in [2.75, 3.05) is 4.90 Å². The molecular weight excluding hydrogens is 458 g/mol. The number of fused-ring (bicyclic) bond motifs is 4. The molecule has 0 spiro atoms. The average Bonchev–Trinajstić information content (AvgIpc) is 2.96. The highest BCUT2D eigenvalue weighted by Gasteiger charge is 2.31. The van der Waals surface area contributed by atoms with Gasteiger partial charge in [-0.05, 0) is 29.1 Å². The van der Waals surface area contributed by atoms with E-state index in [1.807, 2.05) is 30.1 Å². The summed E-state index contributed by atoms with van der Waals surface area (Å²) in [5.74, 6) is 0. The number of rotatable bonds is 3. The number of anilines is 3. The molecule has 0 N–H and O–H groups in total. The first kappa shape index (κ1) is 20.9. The smallest absolute Gasteiger partial charge is 0.118 e. The molecule has 1 aliphatic heterocycles. The molecule has 5 aromatic carbocycles. The van der Waals surface area contributed by atoms with Crippen molar-refractivity contribution in [2.45, 2.75) is 9.79 Å². The van der Waals surface area contributed by atoms with Crippen molar-refractivity contribution in [2.24, 2.45) is 0 Å². The molecule has 0 saturated heterocycles. The van der Waals surface area contributed by atoms with Gasteiger partial charge in [0.2, 0.25) is 0 Å². The minimum absolute atomic E-state index is 0.859. The Morgan fingerprint density at radius 2 is 1.25 bits per heavy atom. The maximum Gasteiger partial charge on any atom is 0.118 e. The van der Waals surface area contributed by atoms with E-state index in [0.29, 0.717) is 0 Å². The fraction of sp³-hybridized carbons (Fsp3) is 0. The summed E-state index contributed by atoms with van der Waals surface area (Å²) in [5.41, 5.74) is 7.41. The topological polar surface area (TPSA) is 29.0 Å². The van der Waals surface area contributed by atoms with Gasteiger partial charge in [-0.2, -0.15) is 5.10 Å². The van der Waals surface area contributed by atoms with Gasteiger partial charge in [0.25, 0.3) is 0 Å². The zero-order valence-corrected chi connectivity index (χ0v) is 20.2. The van der Waals surface area contributed by atoms with Crippen molar-refractivity contribution in [3.63, 3.8) is 0 Å². The molecule has 4 heteroatoms. The Labute approximate surface area is 214 Å². The van der Waals surface area contributed by atoms with Gasteiger partial charge >= 0.3 is 0 Å². The first-order chi connectivity index (χ1) is 17.9. The number of benzene rings is 5. The van der Waals surface area contributed by atoms with Gasteiger partial charge in [-0.1, -0.05) is 115 Å². The van der Waals surface area contributed by atoms with E-state index in [4.69, 9.17) is 5.10 Å². The molecule has 0 bridgehead atoms. The quantitative estimate of drug-likeness (QED) is 0.253. The van der Waals surface area contributed by atoms with E-state index >= 15 is 0 Å². The molecule has 6 aromatic rings. The third-order valence-corrected chi connectivity index (χ3v) is 7.71. The molecular formula is C32H21N3S.